The monoisotopic (exact) mass is 407 g/mol. The van der Waals surface area contributed by atoms with E-state index in [1.165, 1.54) is 3.97 Å². The molecule has 0 saturated carbocycles. The molecule has 0 amide bonds. The highest BCUT2D eigenvalue weighted by atomic mass is 32.2. The van der Waals surface area contributed by atoms with Gasteiger partial charge in [0.2, 0.25) is 5.96 Å². The van der Waals surface area contributed by atoms with Gasteiger partial charge in [0.15, 0.2) is 0 Å². The summed E-state index contributed by atoms with van der Waals surface area (Å²) in [4.78, 5) is 0.240. The Kier molecular flexibility index (Phi) is 4.94. The number of rotatable bonds is 4. The summed E-state index contributed by atoms with van der Waals surface area (Å²) in [6.45, 7) is 0. The number of nitrogens with zero attached hydrogens (tertiary/aromatic N) is 3. The van der Waals surface area contributed by atoms with Crippen molar-refractivity contribution in [2.45, 2.75) is 24.2 Å². The van der Waals surface area contributed by atoms with Gasteiger partial charge in [0.05, 0.1) is 10.6 Å². The number of hydrogen-bond acceptors (Lipinski definition) is 4. The quantitative estimate of drug-likeness (QED) is 0.393. The van der Waals surface area contributed by atoms with E-state index in [1.807, 2.05) is 42.5 Å². The normalized spacial score (nSPS) is 15.1. The summed E-state index contributed by atoms with van der Waals surface area (Å²) in [5, 5.41) is 7.80. The van der Waals surface area contributed by atoms with Crippen molar-refractivity contribution in [3.63, 3.8) is 0 Å². The summed E-state index contributed by atoms with van der Waals surface area (Å²) in [5.74, 6) is -0.129. The zero-order valence-corrected chi connectivity index (χ0v) is 16.5. The van der Waals surface area contributed by atoms with Crippen molar-refractivity contribution in [2.24, 2.45) is 21.7 Å². The van der Waals surface area contributed by atoms with Crippen LogP contribution in [0.25, 0.3) is 11.1 Å². The molecule has 1 heterocycles. The van der Waals surface area contributed by atoms with Crippen molar-refractivity contribution < 1.29 is 8.42 Å². The molecular formula is C21H21N5O2S. The minimum atomic E-state index is -3.71. The molecule has 0 bridgehead atoms. The van der Waals surface area contributed by atoms with Crippen molar-refractivity contribution >= 4 is 21.7 Å². The zero-order chi connectivity index (χ0) is 20.4. The second kappa shape index (κ2) is 7.56. The molecule has 1 aliphatic rings. The topological polar surface area (TPSA) is 116 Å². The summed E-state index contributed by atoms with van der Waals surface area (Å²) in [5.41, 5.74) is 14.9. The van der Waals surface area contributed by atoms with E-state index >= 15 is 0 Å². The Bertz CT molecular complexity index is 1190. The fraction of sp³-hybridized carbons (Fsp3) is 0.143. The van der Waals surface area contributed by atoms with Crippen molar-refractivity contribution in [1.82, 2.24) is 3.97 Å². The van der Waals surface area contributed by atoms with E-state index in [2.05, 4.69) is 10.2 Å². The standard InChI is InChI=1S/C21H21N5O2S/c22-21(23)25-24-19-7-4-8-20-18(19)13-14-26(20)29(27,28)17-11-9-16(10-12-17)15-5-2-1-3-6-15/h1-3,5-6,9-14H,4,7-8H2,(H4,22,23,25)/b24-19+. The molecule has 0 spiro atoms. The van der Waals surface area contributed by atoms with Crippen molar-refractivity contribution in [2.75, 3.05) is 0 Å². The molecule has 8 heteroatoms. The fourth-order valence-electron chi connectivity index (χ4n) is 3.52. The van der Waals surface area contributed by atoms with Crippen LogP contribution in [-0.4, -0.2) is 24.1 Å². The Morgan fingerprint density at radius 3 is 2.28 bits per heavy atom. The van der Waals surface area contributed by atoms with Crippen LogP contribution in [-0.2, 0) is 16.4 Å². The Balaban J connectivity index is 1.70. The molecular weight excluding hydrogens is 386 g/mol. The van der Waals surface area contributed by atoms with Crippen LogP contribution in [0.5, 0.6) is 0 Å². The van der Waals surface area contributed by atoms with Crippen LogP contribution in [0.15, 0.2) is 82.0 Å². The molecule has 1 aliphatic carbocycles. The third kappa shape index (κ3) is 3.66. The van der Waals surface area contributed by atoms with E-state index in [0.717, 1.165) is 23.1 Å². The summed E-state index contributed by atoms with van der Waals surface area (Å²) in [6, 6.07) is 18.5. The van der Waals surface area contributed by atoms with Gasteiger partial charge >= 0.3 is 0 Å². The molecule has 0 fully saturated rings. The lowest BCUT2D eigenvalue weighted by atomic mass is 9.96. The zero-order valence-electron chi connectivity index (χ0n) is 15.7. The van der Waals surface area contributed by atoms with E-state index in [-0.39, 0.29) is 10.9 Å². The Morgan fingerprint density at radius 1 is 0.897 bits per heavy atom. The summed E-state index contributed by atoms with van der Waals surface area (Å²) < 4.78 is 27.8. The minimum absolute atomic E-state index is 0.129. The summed E-state index contributed by atoms with van der Waals surface area (Å²) in [7, 11) is -3.71. The lowest BCUT2D eigenvalue weighted by Crippen LogP contribution is -2.22. The maximum Gasteiger partial charge on any atom is 0.267 e. The number of aromatic nitrogens is 1. The van der Waals surface area contributed by atoms with Crippen molar-refractivity contribution in [1.29, 1.82) is 0 Å². The number of nitrogens with two attached hydrogens (primary N) is 2. The second-order valence-electron chi connectivity index (χ2n) is 6.79. The van der Waals surface area contributed by atoms with Crippen LogP contribution in [0.2, 0.25) is 0 Å². The molecule has 0 unspecified atom stereocenters. The van der Waals surface area contributed by atoms with Gasteiger partial charge in [-0.1, -0.05) is 42.5 Å². The molecule has 3 aromatic rings. The van der Waals surface area contributed by atoms with Crippen molar-refractivity contribution in [3.8, 4) is 11.1 Å². The SMILES string of the molecule is NC(N)=N/N=C1\CCCc2c1ccn2S(=O)(=O)c1ccc(-c2ccccc2)cc1. The minimum Gasteiger partial charge on any atom is -0.369 e. The third-order valence-corrected chi connectivity index (χ3v) is 6.62. The summed E-state index contributed by atoms with van der Waals surface area (Å²) in [6.07, 6.45) is 3.68. The number of guanidine groups is 1. The molecule has 0 aliphatic heterocycles. The van der Waals surface area contributed by atoms with E-state index in [9.17, 15) is 8.42 Å². The highest BCUT2D eigenvalue weighted by Gasteiger charge is 2.26. The van der Waals surface area contributed by atoms with Crippen LogP contribution in [0.3, 0.4) is 0 Å². The Labute approximate surface area is 169 Å². The van der Waals surface area contributed by atoms with Crippen LogP contribution in [0.1, 0.15) is 24.1 Å². The predicted molar refractivity (Wildman–Crippen MR) is 114 cm³/mol. The lowest BCUT2D eigenvalue weighted by molar-refractivity contribution is 0.584. The average Bonchev–Trinajstić information content (AvgIpc) is 3.18. The molecule has 4 N–H and O–H groups in total. The maximum atomic E-state index is 13.2. The molecule has 0 radical (unpaired) electrons. The van der Waals surface area contributed by atoms with Crippen LogP contribution in [0, 0.1) is 0 Å². The molecule has 29 heavy (non-hydrogen) atoms. The smallest absolute Gasteiger partial charge is 0.267 e. The van der Waals surface area contributed by atoms with Crippen LogP contribution in [0.4, 0.5) is 0 Å². The maximum absolute atomic E-state index is 13.2. The number of benzene rings is 2. The largest absolute Gasteiger partial charge is 0.369 e. The van der Waals surface area contributed by atoms with Gasteiger partial charge < -0.3 is 11.5 Å². The first-order chi connectivity index (χ1) is 14.0. The third-order valence-electron chi connectivity index (χ3n) is 4.90. The van der Waals surface area contributed by atoms with E-state index in [1.54, 1.807) is 24.4 Å². The fourth-order valence-corrected chi connectivity index (χ4v) is 4.93. The van der Waals surface area contributed by atoms with E-state index in [4.69, 9.17) is 11.5 Å². The Hall–Kier alpha value is -3.39. The molecule has 4 rings (SSSR count). The van der Waals surface area contributed by atoms with E-state index in [0.29, 0.717) is 24.2 Å². The lowest BCUT2D eigenvalue weighted by Gasteiger charge is -2.17. The van der Waals surface area contributed by atoms with Gasteiger partial charge in [-0.25, -0.2) is 12.4 Å². The van der Waals surface area contributed by atoms with Crippen molar-refractivity contribution in [3.05, 3.63) is 78.1 Å². The van der Waals surface area contributed by atoms with Gasteiger partial charge in [0.25, 0.3) is 10.0 Å². The van der Waals surface area contributed by atoms with Gasteiger partial charge in [0.1, 0.15) is 0 Å². The molecule has 7 nitrogen and oxygen atoms in total. The Morgan fingerprint density at radius 2 is 1.59 bits per heavy atom. The first-order valence-electron chi connectivity index (χ1n) is 9.24. The average molecular weight is 407 g/mol. The number of hydrogen-bond donors (Lipinski definition) is 2. The van der Waals surface area contributed by atoms with Crippen LogP contribution < -0.4 is 11.5 Å². The van der Waals surface area contributed by atoms with Gasteiger partial charge in [-0.05, 0) is 48.6 Å². The molecule has 0 atom stereocenters. The highest BCUT2D eigenvalue weighted by Crippen LogP contribution is 2.28. The molecule has 1 aromatic heterocycles. The highest BCUT2D eigenvalue weighted by molar-refractivity contribution is 7.90. The second-order valence-corrected chi connectivity index (χ2v) is 8.61. The summed E-state index contributed by atoms with van der Waals surface area (Å²) >= 11 is 0. The van der Waals surface area contributed by atoms with Crippen LogP contribution >= 0.6 is 0 Å². The van der Waals surface area contributed by atoms with Gasteiger partial charge in [-0.15, -0.1) is 5.10 Å². The van der Waals surface area contributed by atoms with E-state index < -0.39 is 10.0 Å². The predicted octanol–water partition coefficient (Wildman–Crippen LogP) is 2.71. The first-order valence-corrected chi connectivity index (χ1v) is 10.7. The van der Waals surface area contributed by atoms with Gasteiger partial charge in [-0.2, -0.15) is 5.10 Å². The van der Waals surface area contributed by atoms with Gasteiger partial charge in [0, 0.05) is 17.5 Å². The molecule has 148 valence electrons. The first kappa shape index (κ1) is 18.9. The number of fused-ring (bicyclic) bond motifs is 1. The molecule has 0 saturated heterocycles. The van der Waals surface area contributed by atoms with Gasteiger partial charge in [-0.3, -0.25) is 0 Å². The molecule has 2 aromatic carbocycles.